The second-order valence-electron chi connectivity index (χ2n) is 29.9. The van der Waals surface area contributed by atoms with Crippen molar-refractivity contribution in [2.75, 3.05) is 38.2 Å². The lowest BCUT2D eigenvalue weighted by Gasteiger charge is -2.46. The molecular formula is C74H93F3N10O11S3. The summed E-state index contributed by atoms with van der Waals surface area (Å²) >= 11 is 0. The van der Waals surface area contributed by atoms with Crippen LogP contribution in [0.5, 0.6) is 11.5 Å². The number of ketones is 2. The number of Topliss-reactive ketones (excluding diaryl/α,β-unsaturated/α-hetero) is 2. The van der Waals surface area contributed by atoms with Crippen molar-refractivity contribution in [3.63, 3.8) is 0 Å². The number of carbonyl (C=O) groups is 4. The van der Waals surface area contributed by atoms with Gasteiger partial charge < -0.3 is 30.0 Å². The standard InChI is InChI=1S/C30H38FN3O5S.C24H29FN4O3S.C20H26FN3O3S/c1-8-38-20-10-12-23(32-18-20)24(35)16-19-9-11-22(31)21(15-19)30(7)26-13-14-33-40(26,37)29(5,6)25(34-30)17-27(36)39-28(2,3)4;1-5-32-16-7-9-19(27-14-16)20(30)13-15-6-8-18(25)17(12-15)24(4)21-10-11-28-33(21,31)23(2,3)22(26)29-24;1-18(2)15-11-17(25)27-19(3,4)23-12-6-7-14(21)13(10-12)20(5,24-15)16-8-9-22-28(16,18)26/h9-12,15,18,26H,8,13-14,16-17H2,1-7H3;6-9,12,14,21H,5,10-11,13H2,1-4H3,(H2,26,29);6-7,10,16,23H,8-9,11H2,1-5H3/t26-,30+,40+;21-,24+,33+;16-,20+,28+/m000/s1. The minimum atomic E-state index is -2.94. The van der Waals surface area contributed by atoms with E-state index in [1.54, 1.807) is 137 Å². The molecule has 12 rings (SSSR count). The maximum Gasteiger partial charge on any atom is 0.313 e. The fraction of sp³-hybridized carbons (Fsp3) is 0.527. The van der Waals surface area contributed by atoms with E-state index in [4.69, 9.17) is 39.7 Å². The van der Waals surface area contributed by atoms with Crippen molar-refractivity contribution in [2.45, 2.75) is 214 Å². The molecule has 0 amide bonds. The summed E-state index contributed by atoms with van der Waals surface area (Å²) in [5.74, 6) is -1.44. The number of aliphatic imine (C=N–C) groups is 3. The zero-order valence-electron chi connectivity index (χ0n) is 60.4. The Hall–Kier alpha value is -7.91. The number of aromatic nitrogens is 2. The topological polar surface area (TPSA) is 294 Å². The number of esters is 2. The fourth-order valence-corrected chi connectivity index (χ4v) is 24.4. The molecule has 7 aliphatic rings. The molecule has 21 nitrogen and oxygen atoms in total. The number of hydrogen-bond acceptors (Lipinski definition) is 21. The number of hydrogen-bond donors (Lipinski definition) is 2. The van der Waals surface area contributed by atoms with E-state index in [1.165, 1.54) is 30.6 Å². The number of anilines is 1. The average molecular weight is 1450 g/mol. The predicted octanol–water partition coefficient (Wildman–Crippen LogP) is 12.7. The molecule has 9 heterocycles. The molecule has 3 N–H and O–H groups in total. The largest absolute Gasteiger partial charge is 0.492 e. The number of carbonyl (C=O) groups excluding carboxylic acids is 4. The van der Waals surface area contributed by atoms with Crippen LogP contribution in [0.25, 0.3) is 0 Å². The molecule has 27 heteroatoms. The van der Waals surface area contributed by atoms with E-state index >= 15 is 13.2 Å². The number of rotatable bonds is 14. The first kappa shape index (κ1) is 75.7. The molecule has 5 aromatic rings. The number of halogens is 3. The van der Waals surface area contributed by atoms with Gasteiger partial charge in [-0.1, -0.05) is 12.1 Å². The first-order chi connectivity index (χ1) is 47.0. The van der Waals surface area contributed by atoms with Gasteiger partial charge in [-0.3, -0.25) is 34.2 Å². The monoisotopic (exact) mass is 1450 g/mol. The first-order valence-corrected chi connectivity index (χ1v) is 38.8. The summed E-state index contributed by atoms with van der Waals surface area (Å²) in [6.07, 6.45) is 4.34. The summed E-state index contributed by atoms with van der Waals surface area (Å²) < 4.78 is 121. The Bertz CT molecular complexity index is 4660. The van der Waals surface area contributed by atoms with Crippen LogP contribution in [-0.2, 0) is 77.7 Å². The Morgan fingerprint density at radius 3 is 1.45 bits per heavy atom. The Morgan fingerprint density at radius 1 is 0.574 bits per heavy atom. The van der Waals surface area contributed by atoms with Gasteiger partial charge in [0.25, 0.3) is 0 Å². The van der Waals surface area contributed by atoms with Crippen molar-refractivity contribution in [1.82, 2.24) is 9.97 Å². The molecule has 9 atom stereocenters. The molecule has 0 saturated carbocycles. The van der Waals surface area contributed by atoms with Gasteiger partial charge >= 0.3 is 11.9 Å². The molecule has 0 radical (unpaired) electrons. The number of ether oxygens (including phenoxy) is 4. The number of amidine groups is 1. The second kappa shape index (κ2) is 27.4. The number of nitrogens with two attached hydrogens (primary N) is 1. The van der Waals surface area contributed by atoms with Crippen molar-refractivity contribution >= 4 is 75.6 Å². The minimum absolute atomic E-state index is 0.00523. The highest BCUT2D eigenvalue weighted by molar-refractivity contribution is 7.97. The number of cyclic esters (lactones) is 1. The van der Waals surface area contributed by atoms with Gasteiger partial charge in [-0.15, -0.1) is 0 Å². The van der Waals surface area contributed by atoms with Gasteiger partial charge in [0.2, 0.25) is 0 Å². The Morgan fingerprint density at radius 2 is 1.00 bits per heavy atom. The van der Waals surface area contributed by atoms with Crippen molar-refractivity contribution in [3.8, 4) is 11.5 Å². The summed E-state index contributed by atoms with van der Waals surface area (Å²) in [4.78, 5) is 74.3. The van der Waals surface area contributed by atoms with Gasteiger partial charge in [0.15, 0.2) is 17.3 Å². The molecule has 0 spiro atoms. The first-order valence-electron chi connectivity index (χ1n) is 34.0. The molecule has 4 bridgehead atoms. The normalized spacial score (nSPS) is 29.0. The van der Waals surface area contributed by atoms with Crippen LogP contribution in [0.2, 0.25) is 0 Å². The summed E-state index contributed by atoms with van der Waals surface area (Å²) in [6, 6.07) is 20.3. The SMILES string of the molecule is CC1(C)Nc2ccc(F)c(c2)[C@@]2(C)N=C(CC(=O)O1)C(C)(C)[S@@]1(=O)=NCC[C@@H]21.CCOc1ccc(C(=O)Cc2ccc(F)c([C@@]3(C)N=C(CC(=O)OC(C)(C)C)C(C)(C)[S@@]4(=O)=NCC[C@@H]34)c2)nc1.CCOc1ccc(C(=O)Cc2ccc(F)c([C@@]3(C)N=C(N)C(C)(C)[S@@]4(=O)=NCC[C@@H]34)c2)nc1. The average Bonchev–Trinajstić information content (AvgIpc) is 1.68. The smallest absolute Gasteiger partial charge is 0.313 e. The number of fused-ring (bicyclic) bond motifs is 8. The van der Waals surface area contributed by atoms with E-state index < -0.39 is 117 Å². The van der Waals surface area contributed by atoms with E-state index in [-0.39, 0.29) is 59.9 Å². The Kier molecular flexibility index (Phi) is 20.5. The van der Waals surface area contributed by atoms with Crippen LogP contribution in [0, 0.1) is 17.5 Å². The molecule has 101 heavy (non-hydrogen) atoms. The van der Waals surface area contributed by atoms with Crippen LogP contribution in [0.1, 0.15) is 192 Å². The van der Waals surface area contributed by atoms with E-state index in [2.05, 4.69) is 28.4 Å². The van der Waals surface area contributed by atoms with Gasteiger partial charge in [0, 0.05) is 66.3 Å². The van der Waals surface area contributed by atoms with Gasteiger partial charge in [-0.05, 0) is 208 Å². The predicted molar refractivity (Wildman–Crippen MR) is 387 cm³/mol. The third-order valence-corrected chi connectivity index (χ3v) is 31.4. The third-order valence-electron chi connectivity index (χ3n) is 20.3. The van der Waals surface area contributed by atoms with Gasteiger partial charge in [0.1, 0.15) is 73.1 Å². The molecule has 0 fully saturated rings. The minimum Gasteiger partial charge on any atom is -0.492 e. The van der Waals surface area contributed by atoms with Gasteiger partial charge in [-0.2, -0.15) is 0 Å². The van der Waals surface area contributed by atoms with Crippen molar-refractivity contribution in [1.29, 1.82) is 0 Å². The Labute approximate surface area is 591 Å². The van der Waals surface area contributed by atoms with Crippen LogP contribution in [0.15, 0.2) is 119 Å². The van der Waals surface area contributed by atoms with Crippen LogP contribution < -0.4 is 20.5 Å². The molecule has 7 aliphatic heterocycles. The van der Waals surface area contributed by atoms with E-state index in [0.717, 1.165) is 0 Å². The van der Waals surface area contributed by atoms with Crippen LogP contribution in [-0.4, -0.2) is 138 Å². The van der Waals surface area contributed by atoms with Gasteiger partial charge in [-0.25, -0.2) is 48.9 Å². The van der Waals surface area contributed by atoms with E-state index in [0.29, 0.717) is 103 Å². The summed E-state index contributed by atoms with van der Waals surface area (Å²) in [5, 5.41) is 1.69. The molecule has 2 aromatic heterocycles. The lowest BCUT2D eigenvalue weighted by atomic mass is 9.84. The zero-order chi connectivity index (χ0) is 74.1. The zero-order valence-corrected chi connectivity index (χ0v) is 62.8. The number of nitrogens with one attached hydrogen (secondary N) is 1. The molecule has 3 aromatic carbocycles. The maximum atomic E-state index is 15.6. The summed E-state index contributed by atoms with van der Waals surface area (Å²) in [7, 11) is -8.48. The second-order valence-corrected chi connectivity index (χ2v) is 38.8. The van der Waals surface area contributed by atoms with Crippen molar-refractivity contribution in [3.05, 3.63) is 148 Å². The highest BCUT2D eigenvalue weighted by Crippen LogP contribution is 2.53. The fourth-order valence-electron chi connectivity index (χ4n) is 14.7. The number of nitrogens with zero attached hydrogens (tertiary/aromatic N) is 8. The molecule has 0 saturated heterocycles. The molecule has 0 unspecified atom stereocenters. The summed E-state index contributed by atoms with van der Waals surface area (Å²) in [6.45, 7) is 30.9. The maximum absolute atomic E-state index is 15.6. The van der Waals surface area contributed by atoms with Crippen molar-refractivity contribution in [2.24, 2.45) is 33.8 Å². The third kappa shape index (κ3) is 14.0. The lowest BCUT2D eigenvalue weighted by molar-refractivity contribution is -0.154. The highest BCUT2D eigenvalue weighted by Gasteiger charge is 2.60. The van der Waals surface area contributed by atoms with Crippen molar-refractivity contribution < 1.29 is 63.9 Å². The number of pyridine rings is 2. The highest BCUT2D eigenvalue weighted by atomic mass is 32.2. The molecule has 544 valence electrons. The van der Waals surface area contributed by atoms with Crippen LogP contribution >= 0.6 is 0 Å². The quantitative estimate of drug-likeness (QED) is 0.0771. The van der Waals surface area contributed by atoms with E-state index in [1.807, 2.05) is 34.6 Å². The molecule has 0 aliphatic carbocycles. The van der Waals surface area contributed by atoms with Gasteiger partial charge in [0.05, 0.1) is 92.9 Å². The number of benzene rings is 3. The molecular weight excluding hydrogens is 1360 g/mol. The summed E-state index contributed by atoms with van der Waals surface area (Å²) in [5.41, 5.74) is 5.18. The van der Waals surface area contributed by atoms with Crippen LogP contribution in [0.3, 0.4) is 0 Å². The Balaban J connectivity index is 0.000000166. The van der Waals surface area contributed by atoms with Crippen LogP contribution in [0.4, 0.5) is 18.9 Å². The van der Waals surface area contributed by atoms with E-state index in [9.17, 15) is 31.8 Å². The lowest BCUT2D eigenvalue weighted by Crippen LogP contribution is -2.58.